The van der Waals surface area contributed by atoms with E-state index in [4.69, 9.17) is 5.73 Å². The van der Waals surface area contributed by atoms with E-state index >= 15 is 0 Å². The highest BCUT2D eigenvalue weighted by atomic mass is 16.4. The largest absolute Gasteiger partial charge is 0.481 e. The Hall–Kier alpha value is -1.79. The number of rotatable bonds is 6. The van der Waals surface area contributed by atoms with E-state index < -0.39 is 29.5 Å². The Balaban J connectivity index is 2.76. The fraction of sp³-hybridized carbons (Fsp3) is 0.786. The Labute approximate surface area is 124 Å². The molecular weight excluding hydrogens is 274 g/mol. The number of carboxylic acid groups (broad SMARTS) is 1. The van der Waals surface area contributed by atoms with Crippen molar-refractivity contribution in [2.24, 2.45) is 17.1 Å². The number of amides is 3. The van der Waals surface area contributed by atoms with Crippen molar-refractivity contribution in [3.8, 4) is 0 Å². The number of carbonyl (C=O) groups excluding carboxylic acids is 2. The van der Waals surface area contributed by atoms with Crippen molar-refractivity contribution < 1.29 is 19.5 Å². The number of aliphatic carboxylic acids is 1. The summed E-state index contributed by atoms with van der Waals surface area (Å²) in [7, 11) is 0. The van der Waals surface area contributed by atoms with Gasteiger partial charge < -0.3 is 21.5 Å². The summed E-state index contributed by atoms with van der Waals surface area (Å²) in [6, 6.07) is -1.92. The third-order valence-corrected chi connectivity index (χ3v) is 4.10. The van der Waals surface area contributed by atoms with Gasteiger partial charge >= 0.3 is 12.0 Å². The molecule has 1 fully saturated rings. The van der Waals surface area contributed by atoms with E-state index in [1.807, 2.05) is 13.8 Å². The number of primary amides is 1. The van der Waals surface area contributed by atoms with E-state index in [2.05, 4.69) is 10.6 Å². The first-order valence-electron chi connectivity index (χ1n) is 7.26. The van der Waals surface area contributed by atoms with E-state index in [0.29, 0.717) is 19.3 Å². The van der Waals surface area contributed by atoms with Crippen LogP contribution in [-0.2, 0) is 9.59 Å². The molecule has 5 N–H and O–H groups in total. The molecule has 0 saturated heterocycles. The molecule has 0 aromatic carbocycles. The molecule has 1 aliphatic rings. The minimum absolute atomic E-state index is 0.196. The standard InChI is InChI=1S/C14H25N3O4/c1-8(2)7-9(16-13(15)21)11(18)17-10-5-4-6-14(10,3)12(19)20/h8-10H,4-7H2,1-3H3,(H,17,18)(H,19,20)(H3,15,16,21). The number of hydrogen-bond acceptors (Lipinski definition) is 3. The minimum atomic E-state index is -0.954. The summed E-state index contributed by atoms with van der Waals surface area (Å²) < 4.78 is 0. The average molecular weight is 299 g/mol. The normalized spacial score (nSPS) is 26.4. The second-order valence-corrected chi connectivity index (χ2v) is 6.37. The second-order valence-electron chi connectivity index (χ2n) is 6.37. The molecule has 0 aromatic rings. The molecule has 1 aliphatic carbocycles. The minimum Gasteiger partial charge on any atom is -0.481 e. The van der Waals surface area contributed by atoms with Crippen LogP contribution in [0.1, 0.15) is 46.5 Å². The van der Waals surface area contributed by atoms with Gasteiger partial charge in [-0.3, -0.25) is 9.59 Å². The number of hydrogen-bond donors (Lipinski definition) is 4. The van der Waals surface area contributed by atoms with Crippen LogP contribution in [0.25, 0.3) is 0 Å². The molecule has 0 radical (unpaired) electrons. The van der Waals surface area contributed by atoms with Crippen LogP contribution in [0.2, 0.25) is 0 Å². The lowest BCUT2D eigenvalue weighted by Crippen LogP contribution is -2.54. The Morgan fingerprint density at radius 3 is 2.48 bits per heavy atom. The van der Waals surface area contributed by atoms with Crippen LogP contribution < -0.4 is 16.4 Å². The highest BCUT2D eigenvalue weighted by Gasteiger charge is 2.46. The molecule has 0 bridgehead atoms. The number of carboxylic acids is 1. The highest BCUT2D eigenvalue weighted by molar-refractivity contribution is 5.87. The van der Waals surface area contributed by atoms with Gasteiger partial charge in [0.2, 0.25) is 5.91 Å². The topological polar surface area (TPSA) is 122 Å². The van der Waals surface area contributed by atoms with Crippen LogP contribution >= 0.6 is 0 Å². The van der Waals surface area contributed by atoms with Crippen molar-refractivity contribution in [3.05, 3.63) is 0 Å². The number of urea groups is 1. The average Bonchev–Trinajstić information content (AvgIpc) is 2.70. The second kappa shape index (κ2) is 6.78. The Morgan fingerprint density at radius 2 is 2.00 bits per heavy atom. The monoisotopic (exact) mass is 299 g/mol. The Kier molecular flexibility index (Phi) is 5.57. The van der Waals surface area contributed by atoms with Crippen LogP contribution in [0.15, 0.2) is 0 Å². The van der Waals surface area contributed by atoms with Crippen LogP contribution in [0.4, 0.5) is 4.79 Å². The molecule has 1 rings (SSSR count). The number of nitrogens with one attached hydrogen (secondary N) is 2. The maximum absolute atomic E-state index is 12.3. The van der Waals surface area contributed by atoms with Crippen LogP contribution in [0.5, 0.6) is 0 Å². The summed E-state index contributed by atoms with van der Waals surface area (Å²) in [5.41, 5.74) is 4.14. The van der Waals surface area contributed by atoms with Crippen molar-refractivity contribution >= 4 is 17.9 Å². The van der Waals surface area contributed by atoms with Gasteiger partial charge in [0.1, 0.15) is 6.04 Å². The molecule has 0 spiro atoms. The fourth-order valence-electron chi connectivity index (χ4n) is 2.80. The van der Waals surface area contributed by atoms with Gasteiger partial charge in [0.15, 0.2) is 0 Å². The third kappa shape index (κ3) is 4.34. The smallest absolute Gasteiger partial charge is 0.312 e. The lowest BCUT2D eigenvalue weighted by atomic mass is 9.84. The molecule has 1 saturated carbocycles. The Morgan fingerprint density at radius 1 is 1.38 bits per heavy atom. The van der Waals surface area contributed by atoms with Crippen molar-refractivity contribution in [1.29, 1.82) is 0 Å². The van der Waals surface area contributed by atoms with Crippen molar-refractivity contribution in [1.82, 2.24) is 10.6 Å². The molecule has 0 aliphatic heterocycles. The van der Waals surface area contributed by atoms with Crippen molar-refractivity contribution in [3.63, 3.8) is 0 Å². The van der Waals surface area contributed by atoms with E-state index in [0.717, 1.165) is 6.42 Å². The molecule has 0 heterocycles. The summed E-state index contributed by atoms with van der Waals surface area (Å²) >= 11 is 0. The molecule has 21 heavy (non-hydrogen) atoms. The lowest BCUT2D eigenvalue weighted by Gasteiger charge is -2.29. The fourth-order valence-corrected chi connectivity index (χ4v) is 2.80. The molecule has 7 nitrogen and oxygen atoms in total. The van der Waals surface area contributed by atoms with Crippen molar-refractivity contribution in [2.45, 2.75) is 58.5 Å². The number of nitrogens with two attached hydrogens (primary N) is 1. The van der Waals surface area contributed by atoms with Gasteiger partial charge in [0.05, 0.1) is 5.41 Å². The van der Waals surface area contributed by atoms with Gasteiger partial charge in [-0.2, -0.15) is 0 Å². The van der Waals surface area contributed by atoms with Gasteiger partial charge in [0.25, 0.3) is 0 Å². The van der Waals surface area contributed by atoms with Gasteiger partial charge in [-0.1, -0.05) is 20.3 Å². The molecule has 0 aromatic heterocycles. The maximum atomic E-state index is 12.3. The van der Waals surface area contributed by atoms with E-state index in [1.54, 1.807) is 6.92 Å². The highest BCUT2D eigenvalue weighted by Crippen LogP contribution is 2.38. The van der Waals surface area contributed by atoms with Crippen molar-refractivity contribution in [2.75, 3.05) is 0 Å². The zero-order chi connectivity index (χ0) is 16.2. The zero-order valence-electron chi connectivity index (χ0n) is 12.8. The van der Waals surface area contributed by atoms with Gasteiger partial charge in [0, 0.05) is 6.04 Å². The zero-order valence-corrected chi connectivity index (χ0v) is 12.8. The van der Waals surface area contributed by atoms with Gasteiger partial charge in [-0.25, -0.2) is 4.79 Å². The summed E-state index contributed by atoms with van der Waals surface area (Å²) in [5.74, 6) is -1.09. The predicted octanol–water partition coefficient (Wildman–Crippen LogP) is 0.829. The van der Waals surface area contributed by atoms with Gasteiger partial charge in [-0.15, -0.1) is 0 Å². The summed E-state index contributed by atoms with van der Waals surface area (Å²) in [6.07, 6.45) is 2.36. The molecule has 7 heteroatoms. The number of carbonyl (C=O) groups is 3. The third-order valence-electron chi connectivity index (χ3n) is 4.10. The first-order valence-corrected chi connectivity index (χ1v) is 7.26. The molecule has 120 valence electrons. The molecular formula is C14H25N3O4. The lowest BCUT2D eigenvalue weighted by molar-refractivity contribution is -0.149. The van der Waals surface area contributed by atoms with E-state index in [9.17, 15) is 19.5 Å². The first kappa shape index (κ1) is 17.3. The van der Waals surface area contributed by atoms with E-state index in [1.165, 1.54) is 0 Å². The first-order chi connectivity index (χ1) is 9.66. The summed E-state index contributed by atoms with van der Waals surface area (Å²) in [5, 5.41) is 14.5. The summed E-state index contributed by atoms with van der Waals surface area (Å²) in [6.45, 7) is 5.51. The predicted molar refractivity (Wildman–Crippen MR) is 77.5 cm³/mol. The van der Waals surface area contributed by atoms with E-state index in [-0.39, 0.29) is 11.8 Å². The summed E-state index contributed by atoms with van der Waals surface area (Å²) in [4.78, 5) is 34.7. The molecule has 3 amide bonds. The van der Waals surface area contributed by atoms with Crippen LogP contribution in [0, 0.1) is 11.3 Å². The quantitative estimate of drug-likeness (QED) is 0.580. The SMILES string of the molecule is CC(C)CC(NC(N)=O)C(=O)NC1CCCC1(C)C(=O)O. The molecule has 3 atom stereocenters. The molecule has 3 unspecified atom stereocenters. The van der Waals surface area contributed by atoms with Gasteiger partial charge in [-0.05, 0) is 32.1 Å². The van der Waals surface area contributed by atoms with Crippen LogP contribution in [-0.4, -0.2) is 35.1 Å². The van der Waals surface area contributed by atoms with Crippen LogP contribution in [0.3, 0.4) is 0 Å². The Bertz CT molecular complexity index is 424. The maximum Gasteiger partial charge on any atom is 0.312 e.